The van der Waals surface area contributed by atoms with E-state index in [4.69, 9.17) is 0 Å². The van der Waals surface area contributed by atoms with Crippen LogP contribution in [-0.4, -0.2) is 12.1 Å². The van der Waals surface area contributed by atoms with Crippen molar-refractivity contribution in [3.63, 3.8) is 0 Å². The third kappa shape index (κ3) is 0.887. The lowest BCUT2D eigenvalue weighted by Crippen LogP contribution is -2.25. The highest BCUT2D eigenvalue weighted by Gasteiger charge is 1.86. The molecule has 4 nitrogen and oxygen atoms in total. The van der Waals surface area contributed by atoms with Gasteiger partial charge in [-0.1, -0.05) is 5.22 Å². The maximum absolute atomic E-state index is 3.42. The summed E-state index contributed by atoms with van der Waals surface area (Å²) in [6, 6.07) is 0. The van der Waals surface area contributed by atoms with E-state index in [1.165, 1.54) is 0 Å². The molecule has 0 aromatic rings. The average Bonchev–Trinajstić information content (AvgIpc) is 1.69. The van der Waals surface area contributed by atoms with Crippen molar-refractivity contribution >= 4 is 0 Å². The zero-order valence-electron chi connectivity index (χ0n) is 3.92. The molecule has 0 spiro atoms. The van der Waals surface area contributed by atoms with E-state index < -0.39 is 0 Å². The van der Waals surface area contributed by atoms with Crippen LogP contribution in [0.1, 0.15) is 0 Å². The lowest BCUT2D eigenvalue weighted by Gasteiger charge is -2.11. The Morgan fingerprint density at radius 2 is 2.71 bits per heavy atom. The van der Waals surface area contributed by atoms with Crippen molar-refractivity contribution in [1.29, 1.82) is 0 Å². The molecule has 0 fully saturated rings. The van der Waals surface area contributed by atoms with Crippen LogP contribution in [0.25, 0.3) is 0 Å². The number of rotatable bonds is 0. The molecule has 0 amide bonds. The van der Waals surface area contributed by atoms with E-state index >= 15 is 0 Å². The van der Waals surface area contributed by atoms with Crippen LogP contribution in [0.3, 0.4) is 0 Å². The minimum atomic E-state index is 1.65. The Kier molecular flexibility index (Phi) is 0.934. The van der Waals surface area contributed by atoms with Crippen LogP contribution in [0.15, 0.2) is 16.5 Å². The summed E-state index contributed by atoms with van der Waals surface area (Å²) in [5.74, 6) is 0. The zero-order valence-corrected chi connectivity index (χ0v) is 3.92. The minimum Gasteiger partial charge on any atom is -0.279 e. The molecule has 0 aromatic carbocycles. The van der Waals surface area contributed by atoms with Gasteiger partial charge in [-0.05, 0) is 0 Å². The van der Waals surface area contributed by atoms with Gasteiger partial charge in [-0.15, -0.1) is 5.11 Å². The van der Waals surface area contributed by atoms with Crippen LogP contribution in [0.2, 0.25) is 0 Å². The van der Waals surface area contributed by atoms with Crippen LogP contribution in [0.5, 0.6) is 0 Å². The summed E-state index contributed by atoms with van der Waals surface area (Å²) in [6.07, 6.45) is 4.18. The standard InChI is InChI=1S/C3H5N4/c1-7-3-2-4-5-6-7/h3H,1H3,(H,4,6). The van der Waals surface area contributed by atoms with Gasteiger partial charge >= 0.3 is 0 Å². The quantitative estimate of drug-likeness (QED) is 0.465. The Labute approximate surface area is 41.5 Å². The highest BCUT2D eigenvalue weighted by molar-refractivity contribution is 4.68. The molecule has 0 saturated carbocycles. The van der Waals surface area contributed by atoms with Gasteiger partial charge in [0.15, 0.2) is 0 Å². The molecular formula is C3H5N4. The van der Waals surface area contributed by atoms with E-state index in [-0.39, 0.29) is 0 Å². The van der Waals surface area contributed by atoms with Gasteiger partial charge in [-0.2, -0.15) is 0 Å². The minimum absolute atomic E-state index is 1.65. The van der Waals surface area contributed by atoms with Crippen LogP contribution in [-0.2, 0) is 0 Å². The van der Waals surface area contributed by atoms with Gasteiger partial charge in [-0.3, -0.25) is 5.01 Å². The first-order valence-electron chi connectivity index (χ1n) is 1.86. The van der Waals surface area contributed by atoms with Gasteiger partial charge in [0.1, 0.15) is 6.20 Å². The van der Waals surface area contributed by atoms with Gasteiger partial charge in [0, 0.05) is 7.05 Å². The molecule has 1 heterocycles. The highest BCUT2D eigenvalue weighted by Crippen LogP contribution is 1.84. The Balaban J connectivity index is 2.49. The molecule has 1 radical (unpaired) electrons. The maximum Gasteiger partial charge on any atom is 0.134 e. The predicted molar refractivity (Wildman–Crippen MR) is 23.6 cm³/mol. The maximum atomic E-state index is 3.42. The zero-order chi connectivity index (χ0) is 5.11. The van der Waals surface area contributed by atoms with E-state index in [9.17, 15) is 0 Å². The van der Waals surface area contributed by atoms with E-state index in [1.807, 2.05) is 7.05 Å². The Hall–Kier alpha value is -1.06. The van der Waals surface area contributed by atoms with Crippen LogP contribution in [0.4, 0.5) is 0 Å². The number of nitrogens with one attached hydrogen (secondary N) is 1. The normalized spacial score (nSPS) is 17.0. The molecule has 1 rings (SSSR count). The molecule has 0 bridgehead atoms. The number of nitrogens with zero attached hydrogens (tertiary/aromatic N) is 3. The van der Waals surface area contributed by atoms with Crippen LogP contribution < -0.4 is 5.53 Å². The Bertz CT molecular complexity index is 106. The molecular weight excluding hydrogens is 92.1 g/mol. The van der Waals surface area contributed by atoms with Crippen molar-refractivity contribution in [3.8, 4) is 0 Å². The van der Waals surface area contributed by atoms with Gasteiger partial charge < -0.3 is 0 Å². The van der Waals surface area contributed by atoms with Gasteiger partial charge in [0.05, 0.1) is 6.20 Å². The second-order valence-corrected chi connectivity index (χ2v) is 1.17. The summed E-state index contributed by atoms with van der Waals surface area (Å²) in [6.45, 7) is 0. The van der Waals surface area contributed by atoms with E-state index in [0.717, 1.165) is 0 Å². The molecule has 37 valence electrons. The second-order valence-electron chi connectivity index (χ2n) is 1.17. The summed E-state index contributed by atoms with van der Waals surface area (Å²) in [5.41, 5.74) is 2.56. The molecule has 0 aliphatic carbocycles. The van der Waals surface area contributed by atoms with Crippen LogP contribution >= 0.6 is 0 Å². The Morgan fingerprint density at radius 3 is 3.00 bits per heavy atom. The van der Waals surface area contributed by atoms with E-state index in [0.29, 0.717) is 0 Å². The first-order chi connectivity index (χ1) is 3.39. The smallest absolute Gasteiger partial charge is 0.134 e. The third-order valence-electron chi connectivity index (χ3n) is 0.562. The van der Waals surface area contributed by atoms with E-state index in [1.54, 1.807) is 11.2 Å². The van der Waals surface area contributed by atoms with Gasteiger partial charge in [0.25, 0.3) is 0 Å². The number of hydrogen-bond acceptors (Lipinski definition) is 4. The summed E-state index contributed by atoms with van der Waals surface area (Å²) >= 11 is 0. The molecule has 0 saturated heterocycles. The van der Waals surface area contributed by atoms with Crippen molar-refractivity contribution in [1.82, 2.24) is 10.5 Å². The largest absolute Gasteiger partial charge is 0.279 e. The number of hydrazine groups is 1. The first-order valence-corrected chi connectivity index (χ1v) is 1.86. The van der Waals surface area contributed by atoms with Crippen molar-refractivity contribution in [2.75, 3.05) is 7.05 Å². The molecule has 1 aliphatic heterocycles. The van der Waals surface area contributed by atoms with Gasteiger partial charge in [0.2, 0.25) is 0 Å². The molecule has 7 heavy (non-hydrogen) atoms. The molecule has 1 aliphatic rings. The summed E-state index contributed by atoms with van der Waals surface area (Å²) in [4.78, 5) is 0. The Morgan fingerprint density at radius 1 is 1.86 bits per heavy atom. The first kappa shape index (κ1) is 4.11. The monoisotopic (exact) mass is 97.1 g/mol. The van der Waals surface area contributed by atoms with Crippen molar-refractivity contribution in [3.05, 3.63) is 12.4 Å². The lowest BCUT2D eigenvalue weighted by molar-refractivity contribution is 0.311. The summed E-state index contributed by atoms with van der Waals surface area (Å²) < 4.78 is 0. The molecule has 0 aromatic heterocycles. The van der Waals surface area contributed by atoms with Crippen LogP contribution in [0, 0.1) is 6.20 Å². The average molecular weight is 97.1 g/mol. The van der Waals surface area contributed by atoms with Crippen molar-refractivity contribution < 1.29 is 0 Å². The summed E-state index contributed by atoms with van der Waals surface area (Å²) in [5, 5.41) is 8.46. The fraction of sp³-hybridized carbons (Fsp3) is 0.333. The summed E-state index contributed by atoms with van der Waals surface area (Å²) in [7, 11) is 1.81. The lowest BCUT2D eigenvalue weighted by atomic mass is 10.9. The fourth-order valence-electron chi connectivity index (χ4n) is 0.263. The topological polar surface area (TPSA) is 40.0 Å². The van der Waals surface area contributed by atoms with Crippen molar-refractivity contribution in [2.45, 2.75) is 0 Å². The SMILES string of the molecule is CN1C=[C]N=NN1. The number of hydrogen-bond donors (Lipinski definition) is 1. The second kappa shape index (κ2) is 1.59. The molecule has 0 atom stereocenters. The molecule has 1 N–H and O–H groups in total. The predicted octanol–water partition coefficient (Wildman–Crippen LogP) is 0.0780. The fourth-order valence-corrected chi connectivity index (χ4v) is 0.263. The van der Waals surface area contributed by atoms with Crippen molar-refractivity contribution in [2.24, 2.45) is 10.3 Å². The molecule has 0 unspecified atom stereocenters. The van der Waals surface area contributed by atoms with Gasteiger partial charge in [-0.25, -0.2) is 5.53 Å². The highest BCUT2D eigenvalue weighted by atomic mass is 15.7. The molecule has 4 heteroatoms. The van der Waals surface area contributed by atoms with E-state index in [2.05, 4.69) is 22.1 Å². The third-order valence-corrected chi connectivity index (χ3v) is 0.562.